The van der Waals surface area contributed by atoms with E-state index >= 15 is 0 Å². The summed E-state index contributed by atoms with van der Waals surface area (Å²) in [5.74, 6) is 0.132. The molecule has 1 aliphatic heterocycles. The van der Waals surface area contributed by atoms with Crippen LogP contribution in [0.3, 0.4) is 0 Å². The molecule has 0 spiro atoms. The average molecular weight is 436 g/mol. The van der Waals surface area contributed by atoms with Gasteiger partial charge in [-0.05, 0) is 24.6 Å². The number of aromatic nitrogens is 5. The first-order chi connectivity index (χ1) is 14.7. The lowest BCUT2D eigenvalue weighted by atomic mass is 10.2. The summed E-state index contributed by atoms with van der Waals surface area (Å²) >= 11 is 0. The fraction of sp³-hybridized carbons (Fsp3) is 0.421. The van der Waals surface area contributed by atoms with E-state index in [1.807, 2.05) is 13.8 Å². The second-order valence-corrected chi connectivity index (χ2v) is 7.47. The Morgan fingerprint density at radius 2 is 2.13 bits per heavy atom. The Morgan fingerprint density at radius 1 is 1.32 bits per heavy atom. The molecule has 2 aromatic heterocycles. The Balaban J connectivity index is 1.43. The summed E-state index contributed by atoms with van der Waals surface area (Å²) in [6.45, 7) is 4.66. The first-order valence-corrected chi connectivity index (χ1v) is 9.60. The van der Waals surface area contributed by atoms with Crippen molar-refractivity contribution in [1.29, 1.82) is 0 Å². The number of hydrogen-bond donors (Lipinski definition) is 0. The molecule has 1 aliphatic rings. The van der Waals surface area contributed by atoms with Gasteiger partial charge < -0.3 is 14.2 Å². The van der Waals surface area contributed by atoms with E-state index in [1.54, 1.807) is 15.8 Å². The summed E-state index contributed by atoms with van der Waals surface area (Å²) in [5.41, 5.74) is 0.551. The van der Waals surface area contributed by atoms with E-state index in [0.717, 1.165) is 12.1 Å². The van der Waals surface area contributed by atoms with E-state index in [9.17, 15) is 18.0 Å². The Bertz CT molecular complexity index is 1080. The van der Waals surface area contributed by atoms with Gasteiger partial charge in [0.15, 0.2) is 11.5 Å². The van der Waals surface area contributed by atoms with E-state index in [0.29, 0.717) is 31.0 Å². The Labute approximate surface area is 174 Å². The first kappa shape index (κ1) is 20.8. The van der Waals surface area contributed by atoms with Crippen molar-refractivity contribution in [2.24, 2.45) is 0 Å². The lowest BCUT2D eigenvalue weighted by Gasteiger charge is -2.17. The van der Waals surface area contributed by atoms with E-state index in [1.165, 1.54) is 12.1 Å². The van der Waals surface area contributed by atoms with Gasteiger partial charge in [0.2, 0.25) is 0 Å². The molecule has 0 radical (unpaired) electrons. The number of halogens is 3. The molecule has 9 nitrogen and oxygen atoms in total. The van der Waals surface area contributed by atoms with Gasteiger partial charge in [-0.1, -0.05) is 30.3 Å². The largest absolute Gasteiger partial charge is 0.573 e. The minimum absolute atomic E-state index is 0.113. The van der Waals surface area contributed by atoms with Crippen LogP contribution >= 0.6 is 0 Å². The van der Waals surface area contributed by atoms with Gasteiger partial charge in [-0.2, -0.15) is 4.98 Å². The molecule has 0 saturated carbocycles. The van der Waals surface area contributed by atoms with Gasteiger partial charge in [0.1, 0.15) is 5.75 Å². The molecule has 0 N–H and O–H groups in total. The Morgan fingerprint density at radius 3 is 2.84 bits per heavy atom. The summed E-state index contributed by atoms with van der Waals surface area (Å²) in [6, 6.07) is 4.90. The van der Waals surface area contributed by atoms with Gasteiger partial charge in [-0.15, -0.1) is 18.3 Å². The molecule has 0 bridgehead atoms. The number of rotatable bonds is 5. The van der Waals surface area contributed by atoms with Crippen molar-refractivity contribution in [2.75, 3.05) is 13.1 Å². The molecule has 12 heteroatoms. The number of likely N-dealkylation sites (tertiary alicyclic amines) is 1. The number of alkyl halides is 3. The van der Waals surface area contributed by atoms with Crippen LogP contribution in [-0.2, 0) is 0 Å². The van der Waals surface area contributed by atoms with Gasteiger partial charge in [-0.25, -0.2) is 4.68 Å². The lowest BCUT2D eigenvalue weighted by molar-refractivity contribution is -0.274. The normalized spacial score (nSPS) is 16.8. The molecule has 0 aliphatic carbocycles. The predicted octanol–water partition coefficient (Wildman–Crippen LogP) is 3.44. The maximum Gasteiger partial charge on any atom is 0.573 e. The van der Waals surface area contributed by atoms with Crippen molar-refractivity contribution < 1.29 is 27.2 Å². The molecule has 3 aromatic rings. The van der Waals surface area contributed by atoms with Crippen LogP contribution in [0.1, 0.15) is 48.4 Å². The summed E-state index contributed by atoms with van der Waals surface area (Å²) in [6.07, 6.45) is -2.53. The third-order valence-corrected chi connectivity index (χ3v) is 4.83. The van der Waals surface area contributed by atoms with Crippen LogP contribution in [0.5, 0.6) is 5.75 Å². The van der Waals surface area contributed by atoms with Gasteiger partial charge >= 0.3 is 6.36 Å². The molecule has 3 heterocycles. The number of carbonyl (C=O) groups is 1. The molecule has 1 atom stereocenters. The Kier molecular flexibility index (Phi) is 5.38. The molecule has 1 aromatic carbocycles. The minimum Gasteiger partial charge on any atom is -0.406 e. The predicted molar refractivity (Wildman–Crippen MR) is 100 cm³/mol. The molecule has 1 fully saturated rings. The number of amides is 1. The maximum absolute atomic E-state index is 12.7. The zero-order chi connectivity index (χ0) is 22.2. The summed E-state index contributed by atoms with van der Waals surface area (Å²) in [5, 5.41) is 12.1. The van der Waals surface area contributed by atoms with Crippen LogP contribution < -0.4 is 4.74 Å². The standard InChI is InChI=1S/C19H19F3N6O3/c1-11(2)16-23-17(31-25-16)15-10-28(26-24-15)13-6-7-27(9-13)18(29)12-4-3-5-14(8-12)30-19(20,21)22/h3-5,8,10-11,13H,6-7,9H2,1-2H3/t13-/m1/s1. The fourth-order valence-electron chi connectivity index (χ4n) is 3.28. The monoisotopic (exact) mass is 436 g/mol. The number of nitrogens with zero attached hydrogens (tertiary/aromatic N) is 6. The van der Waals surface area contributed by atoms with Crippen LogP contribution in [0.25, 0.3) is 11.6 Å². The first-order valence-electron chi connectivity index (χ1n) is 9.60. The quantitative estimate of drug-likeness (QED) is 0.604. The molecule has 1 amide bonds. The van der Waals surface area contributed by atoms with Crippen LogP contribution in [-0.4, -0.2) is 55.4 Å². The van der Waals surface area contributed by atoms with E-state index in [-0.39, 0.29) is 29.3 Å². The van der Waals surface area contributed by atoms with Crippen LogP contribution in [0, 0.1) is 0 Å². The van der Waals surface area contributed by atoms with Crippen molar-refractivity contribution in [3.8, 4) is 17.3 Å². The van der Waals surface area contributed by atoms with Crippen molar-refractivity contribution >= 4 is 5.91 Å². The van der Waals surface area contributed by atoms with Gasteiger partial charge in [-0.3, -0.25) is 4.79 Å². The highest BCUT2D eigenvalue weighted by atomic mass is 19.4. The highest BCUT2D eigenvalue weighted by Crippen LogP contribution is 2.27. The third kappa shape index (κ3) is 4.67. The van der Waals surface area contributed by atoms with E-state index < -0.39 is 12.1 Å². The number of benzene rings is 1. The summed E-state index contributed by atoms with van der Waals surface area (Å²) in [4.78, 5) is 18.6. The molecule has 31 heavy (non-hydrogen) atoms. The van der Waals surface area contributed by atoms with Gasteiger partial charge in [0.05, 0.1) is 12.2 Å². The van der Waals surface area contributed by atoms with Crippen molar-refractivity contribution in [3.63, 3.8) is 0 Å². The molecule has 164 valence electrons. The van der Waals surface area contributed by atoms with Crippen LogP contribution in [0.4, 0.5) is 13.2 Å². The molecule has 0 unspecified atom stereocenters. The molecular formula is C19H19F3N6O3. The second kappa shape index (κ2) is 8.00. The third-order valence-electron chi connectivity index (χ3n) is 4.83. The van der Waals surface area contributed by atoms with Crippen molar-refractivity contribution in [1.82, 2.24) is 30.0 Å². The highest BCUT2D eigenvalue weighted by Gasteiger charge is 2.32. The smallest absolute Gasteiger partial charge is 0.406 e. The maximum atomic E-state index is 12.7. The zero-order valence-corrected chi connectivity index (χ0v) is 16.7. The molecule has 4 rings (SSSR count). The summed E-state index contributed by atoms with van der Waals surface area (Å²) < 4.78 is 48.0. The number of ether oxygens (including phenoxy) is 1. The van der Waals surface area contributed by atoms with E-state index in [2.05, 4.69) is 25.2 Å². The second-order valence-electron chi connectivity index (χ2n) is 7.47. The topological polar surface area (TPSA) is 99.2 Å². The Hall–Kier alpha value is -3.44. The zero-order valence-electron chi connectivity index (χ0n) is 16.7. The number of carbonyl (C=O) groups excluding carboxylic acids is 1. The minimum atomic E-state index is -4.82. The van der Waals surface area contributed by atoms with Crippen molar-refractivity contribution in [3.05, 3.63) is 41.9 Å². The molecule has 1 saturated heterocycles. The average Bonchev–Trinajstić information content (AvgIpc) is 3.45. The van der Waals surface area contributed by atoms with E-state index in [4.69, 9.17) is 4.52 Å². The van der Waals surface area contributed by atoms with Crippen molar-refractivity contribution in [2.45, 2.75) is 38.6 Å². The lowest BCUT2D eigenvalue weighted by Crippen LogP contribution is -2.29. The number of hydrogen-bond acceptors (Lipinski definition) is 7. The van der Waals surface area contributed by atoms with Gasteiger partial charge in [0.25, 0.3) is 11.8 Å². The van der Waals surface area contributed by atoms with Gasteiger partial charge in [0, 0.05) is 24.6 Å². The SMILES string of the molecule is CC(C)c1noc(-c2cn([C@@H]3CCN(C(=O)c4cccc(OC(F)(F)F)c4)C3)nn2)n1. The van der Waals surface area contributed by atoms with Crippen LogP contribution in [0.15, 0.2) is 35.0 Å². The fourth-order valence-corrected chi connectivity index (χ4v) is 3.28. The molecular weight excluding hydrogens is 417 g/mol. The highest BCUT2D eigenvalue weighted by molar-refractivity contribution is 5.94. The summed E-state index contributed by atoms with van der Waals surface area (Å²) in [7, 11) is 0. The van der Waals surface area contributed by atoms with Crippen LogP contribution in [0.2, 0.25) is 0 Å².